The summed E-state index contributed by atoms with van der Waals surface area (Å²) in [6, 6.07) is 0.502. The third kappa shape index (κ3) is 3.12. The van der Waals surface area contributed by atoms with Crippen molar-refractivity contribution in [1.29, 1.82) is 0 Å². The number of hydrogen-bond acceptors (Lipinski definition) is 3. The molecule has 2 heterocycles. The van der Waals surface area contributed by atoms with Gasteiger partial charge in [-0.15, -0.1) is 12.4 Å². The van der Waals surface area contributed by atoms with Gasteiger partial charge in [0.25, 0.3) is 0 Å². The fraction of sp³-hybridized carbons (Fsp3) is 1.00. The van der Waals surface area contributed by atoms with Crippen molar-refractivity contribution in [1.82, 2.24) is 4.90 Å². The minimum absolute atomic E-state index is 0. The van der Waals surface area contributed by atoms with E-state index in [2.05, 4.69) is 16.7 Å². The molecule has 17 heavy (non-hydrogen) atoms. The molecule has 4 unspecified atom stereocenters. The molecule has 4 heteroatoms. The van der Waals surface area contributed by atoms with Crippen LogP contribution in [0.1, 0.15) is 25.7 Å². The molecule has 0 radical (unpaired) electrons. The number of nitrogens with two attached hydrogens (primary N) is 1. The van der Waals surface area contributed by atoms with Gasteiger partial charge in [0, 0.05) is 25.7 Å². The monoisotopic (exact) mass is 276 g/mol. The fourth-order valence-corrected chi connectivity index (χ4v) is 5.12. The van der Waals surface area contributed by atoms with Gasteiger partial charge in [-0.25, -0.2) is 0 Å². The molecule has 3 rings (SSSR count). The molecule has 0 bridgehead atoms. The van der Waals surface area contributed by atoms with Crippen LogP contribution in [-0.2, 0) is 0 Å². The Morgan fingerprint density at radius 2 is 2.06 bits per heavy atom. The van der Waals surface area contributed by atoms with Crippen molar-refractivity contribution in [3.05, 3.63) is 0 Å². The summed E-state index contributed by atoms with van der Waals surface area (Å²) in [6.07, 6.45) is 5.53. The number of thioether (sulfide) groups is 1. The highest BCUT2D eigenvalue weighted by molar-refractivity contribution is 7.99. The van der Waals surface area contributed by atoms with Crippen molar-refractivity contribution in [2.45, 2.75) is 31.7 Å². The van der Waals surface area contributed by atoms with E-state index >= 15 is 0 Å². The largest absolute Gasteiger partial charge is 0.327 e. The molecule has 0 aromatic heterocycles. The molecule has 2 nitrogen and oxygen atoms in total. The maximum atomic E-state index is 6.26. The lowest BCUT2D eigenvalue weighted by atomic mass is 9.78. The zero-order chi connectivity index (χ0) is 11.0. The Labute approximate surface area is 115 Å². The third-order valence-corrected chi connectivity index (χ3v) is 6.00. The Bertz CT molecular complexity index is 246. The quantitative estimate of drug-likeness (QED) is 0.839. The normalized spacial score (nSPS) is 42.2. The molecule has 3 fully saturated rings. The lowest BCUT2D eigenvalue weighted by Gasteiger charge is -2.29. The van der Waals surface area contributed by atoms with Gasteiger partial charge >= 0.3 is 0 Å². The maximum Gasteiger partial charge on any atom is 0.00825 e. The zero-order valence-corrected chi connectivity index (χ0v) is 12.1. The summed E-state index contributed by atoms with van der Waals surface area (Å²) in [5.74, 6) is 5.52. The molecule has 2 saturated heterocycles. The molecule has 1 saturated carbocycles. The van der Waals surface area contributed by atoms with Crippen LogP contribution in [0.3, 0.4) is 0 Å². The molecule has 0 aromatic rings. The molecule has 1 aliphatic carbocycles. The van der Waals surface area contributed by atoms with Crippen LogP contribution in [-0.4, -0.2) is 42.1 Å². The van der Waals surface area contributed by atoms with Crippen molar-refractivity contribution >= 4 is 24.2 Å². The van der Waals surface area contributed by atoms with E-state index in [1.807, 2.05) is 0 Å². The van der Waals surface area contributed by atoms with Gasteiger partial charge in [-0.3, -0.25) is 0 Å². The molecule has 100 valence electrons. The number of rotatable bonds is 2. The van der Waals surface area contributed by atoms with Crippen LogP contribution in [0.25, 0.3) is 0 Å². The van der Waals surface area contributed by atoms with Gasteiger partial charge in [-0.05, 0) is 48.5 Å². The third-order valence-electron chi connectivity index (χ3n) is 4.77. The zero-order valence-electron chi connectivity index (χ0n) is 10.5. The second kappa shape index (κ2) is 6.14. The van der Waals surface area contributed by atoms with E-state index in [1.54, 1.807) is 0 Å². The maximum absolute atomic E-state index is 6.26. The van der Waals surface area contributed by atoms with Crippen LogP contribution in [0.15, 0.2) is 0 Å². The van der Waals surface area contributed by atoms with Crippen LogP contribution < -0.4 is 5.73 Å². The summed E-state index contributed by atoms with van der Waals surface area (Å²) in [6.45, 7) is 4.00. The Hall–Kier alpha value is 0.560. The van der Waals surface area contributed by atoms with Crippen LogP contribution in [0, 0.1) is 17.8 Å². The first kappa shape index (κ1) is 14.0. The van der Waals surface area contributed by atoms with Gasteiger partial charge in [0.2, 0.25) is 0 Å². The summed E-state index contributed by atoms with van der Waals surface area (Å²) < 4.78 is 0. The summed E-state index contributed by atoms with van der Waals surface area (Å²) in [7, 11) is 0. The Morgan fingerprint density at radius 1 is 1.18 bits per heavy atom. The van der Waals surface area contributed by atoms with Crippen LogP contribution >= 0.6 is 24.2 Å². The number of halogens is 1. The van der Waals surface area contributed by atoms with Crippen LogP contribution in [0.5, 0.6) is 0 Å². The first-order valence-electron chi connectivity index (χ1n) is 6.88. The summed E-state index contributed by atoms with van der Waals surface area (Å²) >= 11 is 2.14. The van der Waals surface area contributed by atoms with E-state index in [1.165, 1.54) is 56.8 Å². The lowest BCUT2D eigenvalue weighted by molar-refractivity contribution is 0.257. The first-order chi connectivity index (χ1) is 7.83. The SMILES string of the molecule is Cl.NC1CCCC2CN(CC3CCSC3)CC12. The molecule has 0 amide bonds. The van der Waals surface area contributed by atoms with E-state index in [4.69, 9.17) is 5.73 Å². The number of likely N-dealkylation sites (tertiary alicyclic amines) is 1. The molecule has 0 aromatic carbocycles. The average Bonchev–Trinajstić information content (AvgIpc) is 2.88. The minimum Gasteiger partial charge on any atom is -0.327 e. The van der Waals surface area contributed by atoms with Gasteiger partial charge in [0.05, 0.1) is 0 Å². The highest BCUT2D eigenvalue weighted by Crippen LogP contribution is 2.36. The van der Waals surface area contributed by atoms with Crippen molar-refractivity contribution in [2.75, 3.05) is 31.1 Å². The van der Waals surface area contributed by atoms with Crippen LogP contribution in [0.4, 0.5) is 0 Å². The summed E-state index contributed by atoms with van der Waals surface area (Å²) in [5.41, 5.74) is 6.26. The van der Waals surface area contributed by atoms with Crippen molar-refractivity contribution in [3.63, 3.8) is 0 Å². The van der Waals surface area contributed by atoms with Gasteiger partial charge in [0.1, 0.15) is 0 Å². The first-order valence-corrected chi connectivity index (χ1v) is 8.04. The molecule has 2 aliphatic heterocycles. The minimum atomic E-state index is 0. The van der Waals surface area contributed by atoms with E-state index in [9.17, 15) is 0 Å². The second-order valence-electron chi connectivity index (χ2n) is 5.97. The Kier molecular flexibility index (Phi) is 5.05. The smallest absolute Gasteiger partial charge is 0.00825 e. The summed E-state index contributed by atoms with van der Waals surface area (Å²) in [4.78, 5) is 2.72. The van der Waals surface area contributed by atoms with Gasteiger partial charge in [-0.2, -0.15) is 11.8 Å². The lowest BCUT2D eigenvalue weighted by Crippen LogP contribution is -2.38. The van der Waals surface area contributed by atoms with Crippen molar-refractivity contribution in [2.24, 2.45) is 23.5 Å². The van der Waals surface area contributed by atoms with E-state index < -0.39 is 0 Å². The summed E-state index contributed by atoms with van der Waals surface area (Å²) in [5, 5.41) is 0. The molecule has 4 atom stereocenters. The van der Waals surface area contributed by atoms with Gasteiger partial charge < -0.3 is 10.6 Å². The topological polar surface area (TPSA) is 29.3 Å². The van der Waals surface area contributed by atoms with Crippen molar-refractivity contribution in [3.8, 4) is 0 Å². The number of hydrogen-bond donors (Lipinski definition) is 1. The standard InChI is InChI=1S/C13H24N2S.ClH/c14-13-3-1-2-11-7-15(8-12(11)13)6-10-4-5-16-9-10;/h10-13H,1-9,14H2;1H. The average molecular weight is 277 g/mol. The highest BCUT2D eigenvalue weighted by atomic mass is 35.5. The molecular weight excluding hydrogens is 252 g/mol. The van der Waals surface area contributed by atoms with Crippen molar-refractivity contribution < 1.29 is 0 Å². The Balaban J connectivity index is 0.00000108. The number of nitrogens with zero attached hydrogens (tertiary/aromatic N) is 1. The van der Waals surface area contributed by atoms with Gasteiger partial charge in [0.15, 0.2) is 0 Å². The van der Waals surface area contributed by atoms with E-state index in [0.717, 1.165) is 17.8 Å². The predicted octanol–water partition coefficient (Wildman–Crippen LogP) is 2.22. The highest BCUT2D eigenvalue weighted by Gasteiger charge is 2.39. The Morgan fingerprint density at radius 3 is 2.76 bits per heavy atom. The van der Waals surface area contributed by atoms with E-state index in [0.29, 0.717) is 6.04 Å². The molecule has 0 spiro atoms. The number of fused-ring (bicyclic) bond motifs is 1. The van der Waals surface area contributed by atoms with Crippen LogP contribution in [0.2, 0.25) is 0 Å². The predicted molar refractivity (Wildman–Crippen MR) is 77.9 cm³/mol. The second-order valence-corrected chi connectivity index (χ2v) is 7.12. The fourth-order valence-electron chi connectivity index (χ4n) is 3.85. The molecule has 2 N–H and O–H groups in total. The molecular formula is C13H25ClN2S. The van der Waals surface area contributed by atoms with Gasteiger partial charge in [-0.1, -0.05) is 6.42 Å². The van der Waals surface area contributed by atoms with E-state index in [-0.39, 0.29) is 12.4 Å². The molecule has 3 aliphatic rings.